The average Bonchev–Trinajstić information content (AvgIpc) is 3.21. The molecule has 0 aliphatic carbocycles. The number of nitrogen functional groups attached to an aromatic ring is 1. The first kappa shape index (κ1) is 23.9. The molecule has 4 rings (SSSR count). The average molecular weight is 483 g/mol. The second-order valence-electron chi connectivity index (χ2n) is 8.17. The molecule has 0 radical (unpaired) electrons. The normalized spacial score (nSPS) is 14.2. The molecule has 1 saturated heterocycles. The van der Waals surface area contributed by atoms with Crippen molar-refractivity contribution >= 4 is 17.7 Å². The summed E-state index contributed by atoms with van der Waals surface area (Å²) < 4.78 is 12.3. The van der Waals surface area contributed by atoms with E-state index in [0.717, 1.165) is 32.7 Å². The van der Waals surface area contributed by atoms with E-state index in [1.54, 1.807) is 13.2 Å². The van der Waals surface area contributed by atoms with Crippen LogP contribution in [0.15, 0.2) is 53.7 Å². The van der Waals surface area contributed by atoms with E-state index in [-0.39, 0.29) is 18.3 Å². The number of hydrogen-bond donors (Lipinski definition) is 1. The summed E-state index contributed by atoms with van der Waals surface area (Å²) in [5.41, 5.74) is 2.58. The predicted molar refractivity (Wildman–Crippen MR) is 131 cm³/mol. The van der Waals surface area contributed by atoms with Crippen LogP contribution in [0.3, 0.4) is 0 Å². The standard InChI is InChI=1S/C24H30N6O3S/c1-18-5-3-6-19(13-18)15-28-9-11-29(12-10-28)23(31)17-34-24-27-26-22(30(24)25)16-33-21-8-4-7-20(14-21)32-2/h3-8,13-14H,9-12,15-17,25H2,1-2H3. The molecule has 1 aliphatic heterocycles. The summed E-state index contributed by atoms with van der Waals surface area (Å²) >= 11 is 1.29. The Labute approximate surface area is 203 Å². The Morgan fingerprint density at radius 3 is 2.59 bits per heavy atom. The highest BCUT2D eigenvalue weighted by atomic mass is 32.2. The van der Waals surface area contributed by atoms with Gasteiger partial charge in [0.2, 0.25) is 11.1 Å². The van der Waals surface area contributed by atoms with E-state index in [0.29, 0.717) is 22.5 Å². The third-order valence-electron chi connectivity index (χ3n) is 5.68. The van der Waals surface area contributed by atoms with Crippen molar-refractivity contribution in [1.29, 1.82) is 0 Å². The highest BCUT2D eigenvalue weighted by Crippen LogP contribution is 2.21. The Balaban J connectivity index is 1.22. The maximum Gasteiger partial charge on any atom is 0.233 e. The predicted octanol–water partition coefficient (Wildman–Crippen LogP) is 2.32. The van der Waals surface area contributed by atoms with Gasteiger partial charge in [0.05, 0.1) is 12.9 Å². The van der Waals surface area contributed by atoms with Crippen LogP contribution >= 0.6 is 11.8 Å². The summed E-state index contributed by atoms with van der Waals surface area (Å²) in [6.45, 7) is 6.35. The number of benzene rings is 2. The van der Waals surface area contributed by atoms with Gasteiger partial charge < -0.3 is 20.2 Å². The fraction of sp³-hybridized carbons (Fsp3) is 0.375. The summed E-state index contributed by atoms with van der Waals surface area (Å²) in [5, 5.41) is 8.69. The minimum Gasteiger partial charge on any atom is -0.497 e. The number of thioether (sulfide) groups is 1. The summed E-state index contributed by atoms with van der Waals surface area (Å²) in [4.78, 5) is 17.0. The van der Waals surface area contributed by atoms with Crippen LogP contribution in [0.2, 0.25) is 0 Å². The smallest absolute Gasteiger partial charge is 0.233 e. The molecule has 180 valence electrons. The zero-order valence-electron chi connectivity index (χ0n) is 19.5. The number of carbonyl (C=O) groups excluding carboxylic acids is 1. The lowest BCUT2D eigenvalue weighted by Gasteiger charge is -2.34. The van der Waals surface area contributed by atoms with Crippen LogP contribution in [0, 0.1) is 6.92 Å². The molecule has 9 nitrogen and oxygen atoms in total. The Hall–Kier alpha value is -3.24. The minimum atomic E-state index is 0.0809. The fourth-order valence-electron chi connectivity index (χ4n) is 3.78. The van der Waals surface area contributed by atoms with Gasteiger partial charge in [-0.1, -0.05) is 47.7 Å². The van der Waals surface area contributed by atoms with Gasteiger partial charge in [-0.05, 0) is 24.6 Å². The number of nitrogens with zero attached hydrogens (tertiary/aromatic N) is 5. The van der Waals surface area contributed by atoms with Gasteiger partial charge in [-0.2, -0.15) is 0 Å². The molecule has 2 N–H and O–H groups in total. The first-order valence-electron chi connectivity index (χ1n) is 11.2. The second kappa shape index (κ2) is 11.3. The van der Waals surface area contributed by atoms with E-state index in [1.807, 2.05) is 23.1 Å². The van der Waals surface area contributed by atoms with Crippen LogP contribution in [0.1, 0.15) is 17.0 Å². The van der Waals surface area contributed by atoms with E-state index >= 15 is 0 Å². The molecule has 1 amide bonds. The van der Waals surface area contributed by atoms with Crippen LogP contribution in [0.4, 0.5) is 0 Å². The van der Waals surface area contributed by atoms with E-state index in [9.17, 15) is 4.79 Å². The van der Waals surface area contributed by atoms with Crippen molar-refractivity contribution in [1.82, 2.24) is 24.7 Å². The molecular weight excluding hydrogens is 452 g/mol. The summed E-state index contributed by atoms with van der Waals surface area (Å²) in [6, 6.07) is 15.9. The Morgan fingerprint density at radius 1 is 1.06 bits per heavy atom. The number of aromatic nitrogens is 3. The molecule has 34 heavy (non-hydrogen) atoms. The lowest BCUT2D eigenvalue weighted by molar-refractivity contribution is -0.130. The van der Waals surface area contributed by atoms with Crippen LogP contribution in [-0.4, -0.2) is 69.6 Å². The lowest BCUT2D eigenvalue weighted by atomic mass is 10.1. The molecule has 1 aromatic heterocycles. The number of nitrogens with two attached hydrogens (primary N) is 1. The SMILES string of the molecule is COc1cccc(OCc2nnc(SCC(=O)N3CCN(Cc4cccc(C)c4)CC3)n2N)c1. The fourth-order valence-corrected chi connectivity index (χ4v) is 4.56. The van der Waals surface area contributed by atoms with E-state index < -0.39 is 0 Å². The van der Waals surface area contributed by atoms with Gasteiger partial charge in [-0.3, -0.25) is 9.69 Å². The van der Waals surface area contributed by atoms with Crippen molar-refractivity contribution in [2.24, 2.45) is 0 Å². The Bertz CT molecular complexity index is 1110. The molecule has 0 unspecified atom stereocenters. The number of rotatable bonds is 9. The molecule has 0 spiro atoms. The van der Waals surface area contributed by atoms with Crippen LogP contribution in [-0.2, 0) is 17.9 Å². The summed E-state index contributed by atoms with van der Waals surface area (Å²) in [5.74, 6) is 8.30. The van der Waals surface area contributed by atoms with Gasteiger partial charge in [0.1, 0.15) is 18.1 Å². The Kier molecular flexibility index (Phi) is 7.91. The van der Waals surface area contributed by atoms with Gasteiger partial charge >= 0.3 is 0 Å². The van der Waals surface area contributed by atoms with Gasteiger partial charge in [0.25, 0.3) is 0 Å². The maximum absolute atomic E-state index is 12.7. The molecular formula is C24H30N6O3S. The minimum absolute atomic E-state index is 0.0809. The molecule has 10 heteroatoms. The molecule has 0 atom stereocenters. The van der Waals surface area contributed by atoms with Crippen molar-refractivity contribution in [2.75, 3.05) is 44.9 Å². The topological polar surface area (TPSA) is 98.7 Å². The Morgan fingerprint density at radius 2 is 1.82 bits per heavy atom. The van der Waals surface area contributed by atoms with Crippen LogP contribution in [0.5, 0.6) is 11.5 Å². The van der Waals surface area contributed by atoms with Gasteiger partial charge in [0.15, 0.2) is 5.82 Å². The van der Waals surface area contributed by atoms with Crippen molar-refractivity contribution in [3.8, 4) is 11.5 Å². The zero-order valence-corrected chi connectivity index (χ0v) is 20.3. The number of aryl methyl sites for hydroxylation is 1. The number of methoxy groups -OCH3 is 1. The third-order valence-corrected chi connectivity index (χ3v) is 6.61. The molecule has 0 bridgehead atoms. The first-order valence-corrected chi connectivity index (χ1v) is 12.1. The molecule has 3 aromatic rings. The molecule has 1 fully saturated rings. The number of amides is 1. The van der Waals surface area contributed by atoms with Gasteiger partial charge in [-0.15, -0.1) is 10.2 Å². The number of piperazine rings is 1. The number of ether oxygens (including phenoxy) is 2. The van der Waals surface area contributed by atoms with Gasteiger partial charge in [0, 0.05) is 38.8 Å². The molecule has 2 aromatic carbocycles. The van der Waals surface area contributed by atoms with Crippen molar-refractivity contribution < 1.29 is 14.3 Å². The van der Waals surface area contributed by atoms with Crippen molar-refractivity contribution in [3.05, 3.63) is 65.5 Å². The maximum atomic E-state index is 12.7. The largest absolute Gasteiger partial charge is 0.497 e. The summed E-state index contributed by atoms with van der Waals surface area (Å²) in [7, 11) is 1.60. The summed E-state index contributed by atoms with van der Waals surface area (Å²) in [6.07, 6.45) is 0. The molecule has 1 aliphatic rings. The zero-order chi connectivity index (χ0) is 23.9. The second-order valence-corrected chi connectivity index (χ2v) is 9.11. The quantitative estimate of drug-likeness (QED) is 0.367. The van der Waals surface area contributed by atoms with Crippen LogP contribution < -0.4 is 15.3 Å². The van der Waals surface area contributed by atoms with Crippen LogP contribution in [0.25, 0.3) is 0 Å². The highest BCUT2D eigenvalue weighted by molar-refractivity contribution is 7.99. The number of carbonyl (C=O) groups is 1. The van der Waals surface area contributed by atoms with Crippen molar-refractivity contribution in [2.45, 2.75) is 25.2 Å². The molecule has 2 heterocycles. The van der Waals surface area contributed by atoms with E-state index in [4.69, 9.17) is 15.3 Å². The number of hydrogen-bond acceptors (Lipinski definition) is 8. The monoisotopic (exact) mass is 482 g/mol. The highest BCUT2D eigenvalue weighted by Gasteiger charge is 2.22. The molecule has 0 saturated carbocycles. The van der Waals surface area contributed by atoms with E-state index in [1.165, 1.54) is 27.6 Å². The lowest BCUT2D eigenvalue weighted by Crippen LogP contribution is -2.48. The first-order chi connectivity index (χ1) is 16.5. The van der Waals surface area contributed by atoms with Crippen molar-refractivity contribution in [3.63, 3.8) is 0 Å². The van der Waals surface area contributed by atoms with E-state index in [2.05, 4.69) is 46.3 Å². The third kappa shape index (κ3) is 6.21. The van der Waals surface area contributed by atoms with Gasteiger partial charge in [-0.25, -0.2) is 4.68 Å².